The SMILES string of the molecule is Cc1nn(C)c(Oc2ccc(Br)cc2N)c1C#N. The summed E-state index contributed by atoms with van der Waals surface area (Å²) in [6.07, 6.45) is 0. The van der Waals surface area contributed by atoms with Crippen LogP contribution < -0.4 is 10.5 Å². The lowest BCUT2D eigenvalue weighted by molar-refractivity contribution is 0.431. The van der Waals surface area contributed by atoms with Gasteiger partial charge < -0.3 is 10.5 Å². The molecule has 1 aromatic heterocycles. The van der Waals surface area contributed by atoms with Crippen LogP contribution in [0, 0.1) is 18.3 Å². The predicted molar refractivity (Wildman–Crippen MR) is 71.3 cm³/mol. The highest BCUT2D eigenvalue weighted by molar-refractivity contribution is 9.10. The molecule has 0 aliphatic rings. The van der Waals surface area contributed by atoms with Crippen molar-refractivity contribution >= 4 is 21.6 Å². The van der Waals surface area contributed by atoms with Gasteiger partial charge in [0, 0.05) is 11.5 Å². The molecule has 1 aromatic carbocycles. The fourth-order valence-corrected chi connectivity index (χ4v) is 1.98. The number of benzene rings is 1. The minimum atomic E-state index is 0.393. The van der Waals surface area contributed by atoms with Crippen molar-refractivity contribution in [2.75, 3.05) is 5.73 Å². The van der Waals surface area contributed by atoms with Crippen molar-refractivity contribution in [1.82, 2.24) is 9.78 Å². The molecule has 2 rings (SSSR count). The summed E-state index contributed by atoms with van der Waals surface area (Å²) in [6.45, 7) is 1.76. The molecule has 0 bridgehead atoms. The highest BCUT2D eigenvalue weighted by atomic mass is 79.9. The lowest BCUT2D eigenvalue weighted by atomic mass is 10.2. The van der Waals surface area contributed by atoms with E-state index in [2.05, 4.69) is 27.1 Å². The van der Waals surface area contributed by atoms with Crippen LogP contribution in [0.1, 0.15) is 11.3 Å². The summed E-state index contributed by atoms with van der Waals surface area (Å²) >= 11 is 3.32. The van der Waals surface area contributed by atoms with Crippen molar-refractivity contribution in [2.24, 2.45) is 7.05 Å². The Morgan fingerprint density at radius 1 is 1.50 bits per heavy atom. The average molecular weight is 307 g/mol. The van der Waals surface area contributed by atoms with Crippen molar-refractivity contribution in [1.29, 1.82) is 5.26 Å². The largest absolute Gasteiger partial charge is 0.436 e. The molecule has 6 heteroatoms. The van der Waals surface area contributed by atoms with E-state index in [0.29, 0.717) is 28.6 Å². The number of nitrogens with two attached hydrogens (primary N) is 1. The van der Waals surface area contributed by atoms with Gasteiger partial charge in [0.25, 0.3) is 0 Å². The third kappa shape index (κ3) is 2.17. The molecule has 5 nitrogen and oxygen atoms in total. The Hall–Kier alpha value is -2.00. The van der Waals surface area contributed by atoms with Crippen LogP contribution in [0.15, 0.2) is 22.7 Å². The Labute approximate surface area is 113 Å². The molecule has 2 N–H and O–H groups in total. The summed E-state index contributed by atoms with van der Waals surface area (Å²) in [5, 5.41) is 13.2. The Morgan fingerprint density at radius 2 is 2.22 bits per heavy atom. The molecule has 2 aromatic rings. The average Bonchev–Trinajstić information content (AvgIpc) is 2.57. The standard InChI is InChI=1S/C12H11BrN4O/c1-7-9(6-14)12(17(2)16-7)18-11-4-3-8(13)5-10(11)15/h3-5H,15H2,1-2H3. The monoisotopic (exact) mass is 306 g/mol. The molecule has 0 saturated carbocycles. The molecule has 0 spiro atoms. The highest BCUT2D eigenvalue weighted by Crippen LogP contribution is 2.32. The lowest BCUT2D eigenvalue weighted by Crippen LogP contribution is -1.98. The van der Waals surface area contributed by atoms with E-state index in [4.69, 9.17) is 15.7 Å². The normalized spacial score (nSPS) is 10.1. The molecular formula is C12H11BrN4O. The van der Waals surface area contributed by atoms with E-state index in [1.807, 2.05) is 6.07 Å². The van der Waals surface area contributed by atoms with E-state index >= 15 is 0 Å². The molecule has 0 saturated heterocycles. The Kier molecular flexibility index (Phi) is 3.26. The number of halogens is 1. The van der Waals surface area contributed by atoms with Gasteiger partial charge in [0.05, 0.1) is 11.4 Å². The second kappa shape index (κ2) is 4.70. The summed E-state index contributed by atoms with van der Waals surface area (Å²) in [6, 6.07) is 7.38. The second-order valence-electron chi connectivity index (χ2n) is 3.79. The third-order valence-electron chi connectivity index (χ3n) is 2.46. The lowest BCUT2D eigenvalue weighted by Gasteiger charge is -2.08. The number of aryl methyl sites for hydroxylation is 2. The van der Waals surface area contributed by atoms with Gasteiger partial charge in [0.1, 0.15) is 11.6 Å². The van der Waals surface area contributed by atoms with Crippen LogP contribution in [0.2, 0.25) is 0 Å². The van der Waals surface area contributed by atoms with E-state index in [0.717, 1.165) is 4.47 Å². The van der Waals surface area contributed by atoms with Crippen LogP contribution in [0.25, 0.3) is 0 Å². The summed E-state index contributed by atoms with van der Waals surface area (Å²) in [5.41, 5.74) is 7.39. The van der Waals surface area contributed by atoms with Gasteiger partial charge in [0.15, 0.2) is 5.75 Å². The first kappa shape index (κ1) is 12.5. The van der Waals surface area contributed by atoms with E-state index in [1.54, 1.807) is 26.1 Å². The zero-order valence-electron chi connectivity index (χ0n) is 9.94. The Bertz CT molecular complexity index is 642. The zero-order valence-corrected chi connectivity index (χ0v) is 11.5. The maximum absolute atomic E-state index is 9.08. The molecule has 0 aliphatic heterocycles. The maximum Gasteiger partial charge on any atom is 0.235 e. The van der Waals surface area contributed by atoms with Crippen molar-refractivity contribution in [3.63, 3.8) is 0 Å². The Morgan fingerprint density at radius 3 is 2.83 bits per heavy atom. The summed E-state index contributed by atoms with van der Waals surface area (Å²) in [4.78, 5) is 0. The van der Waals surface area contributed by atoms with Crippen LogP contribution in [0.5, 0.6) is 11.6 Å². The summed E-state index contributed by atoms with van der Waals surface area (Å²) in [5.74, 6) is 0.890. The molecule has 92 valence electrons. The number of hydrogen-bond acceptors (Lipinski definition) is 4. The first-order valence-corrected chi connectivity index (χ1v) is 5.98. The number of hydrogen-bond donors (Lipinski definition) is 1. The Balaban J connectivity index is 2.43. The molecule has 0 amide bonds. The van der Waals surface area contributed by atoms with Crippen LogP contribution in [0.3, 0.4) is 0 Å². The van der Waals surface area contributed by atoms with E-state index in [1.165, 1.54) is 4.68 Å². The molecule has 0 aliphatic carbocycles. The van der Waals surface area contributed by atoms with Gasteiger partial charge in [-0.2, -0.15) is 10.4 Å². The molecular weight excluding hydrogens is 296 g/mol. The number of rotatable bonds is 2. The fraction of sp³-hybridized carbons (Fsp3) is 0.167. The molecule has 18 heavy (non-hydrogen) atoms. The molecule has 0 fully saturated rings. The number of nitrogens with zero attached hydrogens (tertiary/aromatic N) is 3. The smallest absolute Gasteiger partial charge is 0.235 e. The van der Waals surface area contributed by atoms with Crippen LogP contribution in [0.4, 0.5) is 5.69 Å². The van der Waals surface area contributed by atoms with Crippen molar-refractivity contribution in [2.45, 2.75) is 6.92 Å². The number of anilines is 1. The molecule has 1 heterocycles. The molecule has 0 radical (unpaired) electrons. The maximum atomic E-state index is 9.08. The van der Waals surface area contributed by atoms with Crippen molar-refractivity contribution in [3.05, 3.63) is 33.9 Å². The fourth-order valence-electron chi connectivity index (χ4n) is 1.60. The predicted octanol–water partition coefficient (Wildman–Crippen LogP) is 2.74. The number of nitrogen functional groups attached to an aromatic ring is 1. The minimum absolute atomic E-state index is 0.393. The van der Waals surface area contributed by atoms with Crippen molar-refractivity contribution < 1.29 is 4.74 Å². The van der Waals surface area contributed by atoms with Crippen LogP contribution >= 0.6 is 15.9 Å². The minimum Gasteiger partial charge on any atom is -0.436 e. The molecule has 0 unspecified atom stereocenters. The summed E-state index contributed by atoms with van der Waals surface area (Å²) in [7, 11) is 1.72. The van der Waals surface area contributed by atoms with E-state index in [9.17, 15) is 0 Å². The van der Waals surface area contributed by atoms with Gasteiger partial charge in [-0.15, -0.1) is 0 Å². The van der Waals surface area contributed by atoms with Gasteiger partial charge in [-0.25, -0.2) is 4.68 Å². The summed E-state index contributed by atoms with van der Waals surface area (Å²) < 4.78 is 8.06. The van der Waals surface area contributed by atoms with Gasteiger partial charge in [-0.3, -0.25) is 0 Å². The van der Waals surface area contributed by atoms with E-state index in [-0.39, 0.29) is 0 Å². The first-order valence-electron chi connectivity index (χ1n) is 5.19. The third-order valence-corrected chi connectivity index (χ3v) is 2.95. The zero-order chi connectivity index (χ0) is 13.3. The highest BCUT2D eigenvalue weighted by Gasteiger charge is 2.16. The van der Waals surface area contributed by atoms with E-state index < -0.39 is 0 Å². The van der Waals surface area contributed by atoms with Crippen LogP contribution in [-0.4, -0.2) is 9.78 Å². The molecule has 0 atom stereocenters. The van der Waals surface area contributed by atoms with Gasteiger partial charge >= 0.3 is 0 Å². The topological polar surface area (TPSA) is 76.9 Å². The second-order valence-corrected chi connectivity index (χ2v) is 4.70. The number of ether oxygens (including phenoxy) is 1. The first-order chi connectivity index (χ1) is 8.52. The number of aromatic nitrogens is 2. The van der Waals surface area contributed by atoms with Gasteiger partial charge in [0.2, 0.25) is 5.88 Å². The van der Waals surface area contributed by atoms with Crippen molar-refractivity contribution in [3.8, 4) is 17.7 Å². The quantitative estimate of drug-likeness (QED) is 0.865. The van der Waals surface area contributed by atoms with Gasteiger partial charge in [-0.05, 0) is 25.1 Å². The van der Waals surface area contributed by atoms with Crippen LogP contribution in [-0.2, 0) is 7.05 Å². The van der Waals surface area contributed by atoms with Gasteiger partial charge in [-0.1, -0.05) is 15.9 Å². The number of nitriles is 1.